The largest absolute Gasteiger partial charge is 0.496 e. The van der Waals surface area contributed by atoms with E-state index < -0.39 is 5.97 Å². The highest BCUT2D eigenvalue weighted by Gasteiger charge is 2.45. The minimum Gasteiger partial charge on any atom is -0.496 e. The number of benzene rings is 2. The summed E-state index contributed by atoms with van der Waals surface area (Å²) in [5, 5.41) is 9.36. The van der Waals surface area contributed by atoms with Crippen LogP contribution in [0.1, 0.15) is 47.9 Å². The first-order valence-electron chi connectivity index (χ1n) is 10.6. The van der Waals surface area contributed by atoms with Crippen molar-refractivity contribution in [1.29, 1.82) is 0 Å². The molecule has 2 aromatic rings. The Labute approximate surface area is 183 Å². The lowest BCUT2D eigenvalue weighted by Gasteiger charge is -2.12. The van der Waals surface area contributed by atoms with Crippen LogP contribution in [0, 0.1) is 12.8 Å². The number of carboxylic acids is 1. The maximum absolute atomic E-state index is 11.4. The Morgan fingerprint density at radius 2 is 1.97 bits per heavy atom. The van der Waals surface area contributed by atoms with Crippen LogP contribution in [-0.4, -0.2) is 18.2 Å². The van der Waals surface area contributed by atoms with Gasteiger partial charge >= 0.3 is 5.97 Å². The van der Waals surface area contributed by atoms with Crippen molar-refractivity contribution in [1.82, 2.24) is 0 Å². The molecule has 1 fully saturated rings. The Morgan fingerprint density at radius 3 is 2.68 bits per heavy atom. The molecule has 4 heteroatoms. The number of methoxy groups -OCH3 is 1. The molecule has 0 spiro atoms. The molecule has 2 aliphatic rings. The van der Waals surface area contributed by atoms with Crippen LogP contribution in [0.25, 0.3) is 5.57 Å². The molecule has 160 valence electrons. The molecule has 0 aliphatic heterocycles. The van der Waals surface area contributed by atoms with Gasteiger partial charge in [-0.25, -0.2) is 0 Å². The van der Waals surface area contributed by atoms with Crippen LogP contribution in [0.5, 0.6) is 5.75 Å². The molecule has 0 aromatic heterocycles. The van der Waals surface area contributed by atoms with E-state index in [-0.39, 0.29) is 11.8 Å². The molecule has 0 saturated heterocycles. The number of hydrogen-bond acceptors (Lipinski definition) is 3. The molecule has 0 radical (unpaired) electrons. The number of rotatable bonds is 7. The van der Waals surface area contributed by atoms with E-state index in [0.29, 0.717) is 13.0 Å². The third-order valence-electron chi connectivity index (χ3n) is 5.88. The lowest BCUT2D eigenvalue weighted by Crippen LogP contribution is -2.00. The van der Waals surface area contributed by atoms with Gasteiger partial charge in [-0.15, -0.1) is 0 Å². The summed E-state index contributed by atoms with van der Waals surface area (Å²) < 4.78 is 11.7. The van der Waals surface area contributed by atoms with Crippen LogP contribution < -0.4 is 4.74 Å². The molecule has 31 heavy (non-hydrogen) atoms. The second-order valence-corrected chi connectivity index (χ2v) is 8.42. The van der Waals surface area contributed by atoms with Gasteiger partial charge in [0.15, 0.2) is 0 Å². The zero-order valence-corrected chi connectivity index (χ0v) is 18.2. The second kappa shape index (κ2) is 8.84. The van der Waals surface area contributed by atoms with E-state index in [0.717, 1.165) is 40.2 Å². The van der Waals surface area contributed by atoms with Gasteiger partial charge in [-0.1, -0.05) is 47.5 Å². The van der Waals surface area contributed by atoms with Crippen LogP contribution in [-0.2, 0) is 16.1 Å². The third-order valence-corrected chi connectivity index (χ3v) is 5.88. The first-order chi connectivity index (χ1) is 14.9. The predicted octanol–water partition coefficient (Wildman–Crippen LogP) is 6.03. The minimum absolute atomic E-state index is 0.0106. The summed E-state index contributed by atoms with van der Waals surface area (Å²) in [6.07, 6.45) is 7.84. The van der Waals surface area contributed by atoms with E-state index in [4.69, 9.17) is 9.47 Å². The van der Waals surface area contributed by atoms with Gasteiger partial charge in [-0.3, -0.25) is 4.79 Å². The lowest BCUT2D eigenvalue weighted by atomic mass is 9.98. The van der Waals surface area contributed by atoms with Gasteiger partial charge in [-0.05, 0) is 73.2 Å². The zero-order chi connectivity index (χ0) is 22.0. The van der Waals surface area contributed by atoms with Crippen molar-refractivity contribution in [3.05, 3.63) is 94.3 Å². The number of allylic oxidation sites excluding steroid dienone is 5. The summed E-state index contributed by atoms with van der Waals surface area (Å²) in [6.45, 7) is 4.71. The smallest absolute Gasteiger partial charge is 0.307 e. The van der Waals surface area contributed by atoms with Crippen LogP contribution >= 0.6 is 0 Å². The summed E-state index contributed by atoms with van der Waals surface area (Å²) in [4.78, 5) is 11.4. The molecule has 2 atom stereocenters. The van der Waals surface area contributed by atoms with Crippen LogP contribution in [0.2, 0.25) is 0 Å². The van der Waals surface area contributed by atoms with Gasteiger partial charge in [0.05, 0.1) is 13.0 Å². The maximum atomic E-state index is 11.4. The van der Waals surface area contributed by atoms with Crippen molar-refractivity contribution in [2.45, 2.75) is 39.2 Å². The quantitative estimate of drug-likeness (QED) is 0.599. The summed E-state index contributed by atoms with van der Waals surface area (Å²) in [6, 6.07) is 14.4. The average Bonchev–Trinajstić information content (AvgIpc) is 3.57. The fraction of sp³-hybridized carbons (Fsp3) is 0.296. The first kappa shape index (κ1) is 21.0. The Balaban J connectivity index is 1.60. The fourth-order valence-corrected chi connectivity index (χ4v) is 4.09. The summed E-state index contributed by atoms with van der Waals surface area (Å²) in [7, 11) is 1.63. The molecule has 4 rings (SSSR count). The number of ether oxygens (including phenoxy) is 2. The molecule has 0 heterocycles. The Bertz CT molecular complexity index is 1090. The minimum atomic E-state index is -0.739. The molecular weight excluding hydrogens is 388 g/mol. The van der Waals surface area contributed by atoms with E-state index >= 15 is 0 Å². The zero-order valence-electron chi connectivity index (χ0n) is 18.2. The molecule has 1 saturated carbocycles. The topological polar surface area (TPSA) is 55.8 Å². The Morgan fingerprint density at radius 1 is 1.13 bits per heavy atom. The van der Waals surface area contributed by atoms with Gasteiger partial charge in [-0.2, -0.15) is 0 Å². The number of aryl methyl sites for hydroxylation is 1. The molecule has 2 aromatic carbocycles. The normalized spacial score (nSPS) is 20.2. The standard InChI is InChI=1S/C27H28O4/c1-17-5-4-6-19(11-17)16-31-22-9-7-18(2)12-21(13-22)20-8-10-26(30-3)24(14-20)23-15-25(23)27(28)29/h4-6,8-14,23,25H,7,15-16H2,1-3H3,(H,28,29). The Kier molecular flexibility index (Phi) is 5.99. The SMILES string of the molecule is COc1ccc(C2=CC(OCc3cccc(C)c3)=CCC(C)=C2)cc1C1CC1C(=O)O. The fourth-order valence-electron chi connectivity index (χ4n) is 4.09. The van der Waals surface area contributed by atoms with Crippen LogP contribution in [0.3, 0.4) is 0 Å². The van der Waals surface area contributed by atoms with Crippen LogP contribution in [0.15, 0.2) is 72.0 Å². The average molecular weight is 417 g/mol. The van der Waals surface area contributed by atoms with E-state index in [2.05, 4.69) is 56.3 Å². The predicted molar refractivity (Wildman–Crippen MR) is 122 cm³/mol. The molecule has 1 N–H and O–H groups in total. The first-order valence-corrected chi connectivity index (χ1v) is 10.6. The lowest BCUT2D eigenvalue weighted by molar-refractivity contribution is -0.138. The Hall–Kier alpha value is -3.27. The van der Waals surface area contributed by atoms with E-state index in [9.17, 15) is 9.90 Å². The van der Waals surface area contributed by atoms with Gasteiger partial charge in [0.1, 0.15) is 18.1 Å². The molecule has 2 unspecified atom stereocenters. The molecule has 0 bridgehead atoms. The van der Waals surface area contributed by atoms with Crippen molar-refractivity contribution in [3.8, 4) is 5.75 Å². The summed E-state index contributed by atoms with van der Waals surface area (Å²) in [5.74, 6) is 0.543. The highest BCUT2D eigenvalue weighted by atomic mass is 16.5. The van der Waals surface area contributed by atoms with Crippen molar-refractivity contribution < 1.29 is 19.4 Å². The number of carboxylic acid groups (broad SMARTS) is 1. The van der Waals surface area contributed by atoms with Gasteiger partial charge in [0.2, 0.25) is 0 Å². The van der Waals surface area contributed by atoms with Crippen molar-refractivity contribution in [3.63, 3.8) is 0 Å². The van der Waals surface area contributed by atoms with Crippen molar-refractivity contribution in [2.24, 2.45) is 5.92 Å². The number of carbonyl (C=O) groups is 1. The highest BCUT2D eigenvalue weighted by Crippen LogP contribution is 2.51. The monoisotopic (exact) mass is 416 g/mol. The molecule has 0 amide bonds. The number of aliphatic carboxylic acids is 1. The van der Waals surface area contributed by atoms with Crippen molar-refractivity contribution >= 4 is 11.5 Å². The van der Waals surface area contributed by atoms with Gasteiger partial charge < -0.3 is 14.6 Å². The molecule has 2 aliphatic carbocycles. The number of hydrogen-bond donors (Lipinski definition) is 1. The summed E-state index contributed by atoms with van der Waals surface area (Å²) >= 11 is 0. The van der Waals surface area contributed by atoms with E-state index in [1.54, 1.807) is 7.11 Å². The molecule has 4 nitrogen and oxygen atoms in total. The molecular formula is C27H28O4. The van der Waals surface area contributed by atoms with Crippen molar-refractivity contribution in [2.75, 3.05) is 7.11 Å². The highest BCUT2D eigenvalue weighted by molar-refractivity contribution is 5.79. The van der Waals surface area contributed by atoms with Gasteiger partial charge in [0, 0.05) is 5.92 Å². The maximum Gasteiger partial charge on any atom is 0.307 e. The van der Waals surface area contributed by atoms with E-state index in [1.165, 1.54) is 11.1 Å². The van der Waals surface area contributed by atoms with Crippen LogP contribution in [0.4, 0.5) is 0 Å². The van der Waals surface area contributed by atoms with Gasteiger partial charge in [0.25, 0.3) is 0 Å². The van der Waals surface area contributed by atoms with E-state index in [1.807, 2.05) is 18.2 Å². The second-order valence-electron chi connectivity index (χ2n) is 8.42. The third kappa shape index (κ3) is 4.91. The summed E-state index contributed by atoms with van der Waals surface area (Å²) in [5.41, 5.74) is 6.67.